The van der Waals surface area contributed by atoms with Gasteiger partial charge >= 0.3 is 0 Å². The molecular weight excluding hydrogens is 270 g/mol. The van der Waals surface area contributed by atoms with Crippen LogP contribution in [-0.2, 0) is 11.2 Å². The van der Waals surface area contributed by atoms with E-state index in [4.69, 9.17) is 0 Å². The first-order valence-corrected chi connectivity index (χ1v) is 7.40. The average molecular weight is 289 g/mol. The molecule has 2 saturated heterocycles. The zero-order valence-electron chi connectivity index (χ0n) is 11.8. The number of rotatable bonds is 3. The quantitative estimate of drug-likeness (QED) is 0.675. The molecule has 2 atom stereocenters. The van der Waals surface area contributed by atoms with Crippen molar-refractivity contribution in [1.82, 2.24) is 10.2 Å². The van der Waals surface area contributed by atoms with E-state index in [1.807, 2.05) is 4.90 Å². The Labute approximate surface area is 123 Å². The van der Waals surface area contributed by atoms with Gasteiger partial charge in [-0.1, -0.05) is 12.1 Å². The first kappa shape index (κ1) is 14.0. The highest BCUT2D eigenvalue weighted by atomic mass is 16.6. The van der Waals surface area contributed by atoms with Crippen LogP contribution in [0.2, 0.25) is 0 Å². The predicted molar refractivity (Wildman–Crippen MR) is 77.9 cm³/mol. The Morgan fingerprint density at radius 2 is 1.95 bits per heavy atom. The Balaban J connectivity index is 1.69. The van der Waals surface area contributed by atoms with Crippen LogP contribution < -0.4 is 5.32 Å². The molecule has 2 unspecified atom stereocenters. The second kappa shape index (κ2) is 5.81. The number of non-ortho nitro benzene ring substituents is 1. The molecule has 3 rings (SSSR count). The van der Waals surface area contributed by atoms with Crippen molar-refractivity contribution < 1.29 is 9.72 Å². The van der Waals surface area contributed by atoms with E-state index in [1.165, 1.54) is 12.1 Å². The van der Waals surface area contributed by atoms with E-state index in [9.17, 15) is 14.9 Å². The summed E-state index contributed by atoms with van der Waals surface area (Å²) in [6.07, 6.45) is 3.51. The van der Waals surface area contributed by atoms with Crippen molar-refractivity contribution in [3.8, 4) is 0 Å². The molecule has 6 nitrogen and oxygen atoms in total. The maximum absolute atomic E-state index is 12.6. The summed E-state index contributed by atoms with van der Waals surface area (Å²) in [5.74, 6) is 0.139. The van der Waals surface area contributed by atoms with E-state index in [2.05, 4.69) is 5.32 Å². The molecule has 1 aromatic rings. The van der Waals surface area contributed by atoms with Crippen molar-refractivity contribution in [1.29, 1.82) is 0 Å². The highest BCUT2D eigenvalue weighted by molar-refractivity contribution is 5.80. The molecule has 6 heteroatoms. The average Bonchev–Trinajstić information content (AvgIpc) is 2.72. The van der Waals surface area contributed by atoms with Crippen molar-refractivity contribution in [2.45, 2.75) is 37.8 Å². The van der Waals surface area contributed by atoms with Crippen LogP contribution >= 0.6 is 0 Å². The number of fused-ring (bicyclic) bond motifs is 2. The molecule has 2 bridgehead atoms. The number of nitrogens with zero attached hydrogens (tertiary/aromatic N) is 2. The van der Waals surface area contributed by atoms with Crippen LogP contribution in [0.5, 0.6) is 0 Å². The van der Waals surface area contributed by atoms with Crippen molar-refractivity contribution in [3.05, 3.63) is 39.9 Å². The second-order valence-corrected chi connectivity index (χ2v) is 5.78. The zero-order valence-corrected chi connectivity index (χ0v) is 11.8. The van der Waals surface area contributed by atoms with Gasteiger partial charge in [0.1, 0.15) is 0 Å². The third-order valence-corrected chi connectivity index (χ3v) is 4.44. The van der Waals surface area contributed by atoms with Gasteiger partial charge in [0.2, 0.25) is 5.91 Å². The number of hydrogen-bond acceptors (Lipinski definition) is 4. The minimum Gasteiger partial charge on any atom is -0.335 e. The largest absolute Gasteiger partial charge is 0.335 e. The van der Waals surface area contributed by atoms with E-state index in [-0.39, 0.29) is 11.6 Å². The van der Waals surface area contributed by atoms with Crippen molar-refractivity contribution >= 4 is 11.6 Å². The first-order valence-electron chi connectivity index (χ1n) is 7.40. The van der Waals surface area contributed by atoms with Crippen LogP contribution in [-0.4, -0.2) is 40.9 Å². The third kappa shape index (κ3) is 2.90. The van der Waals surface area contributed by atoms with Gasteiger partial charge in [-0.15, -0.1) is 0 Å². The van der Waals surface area contributed by atoms with Crippen molar-refractivity contribution in [2.75, 3.05) is 13.1 Å². The Morgan fingerprint density at radius 3 is 2.67 bits per heavy atom. The van der Waals surface area contributed by atoms with Crippen LogP contribution in [0.3, 0.4) is 0 Å². The lowest BCUT2D eigenvalue weighted by atomic mass is 10.1. The van der Waals surface area contributed by atoms with Gasteiger partial charge in [-0.3, -0.25) is 14.9 Å². The first-order chi connectivity index (χ1) is 10.1. The molecule has 21 heavy (non-hydrogen) atoms. The van der Waals surface area contributed by atoms with Crippen LogP contribution in [0, 0.1) is 10.1 Å². The molecule has 0 aliphatic carbocycles. The normalized spacial score (nSPS) is 24.7. The number of amides is 1. The monoisotopic (exact) mass is 289 g/mol. The topological polar surface area (TPSA) is 75.5 Å². The van der Waals surface area contributed by atoms with Crippen LogP contribution in [0.15, 0.2) is 24.3 Å². The number of nitro groups is 1. The lowest BCUT2D eigenvalue weighted by molar-refractivity contribution is -0.384. The van der Waals surface area contributed by atoms with Crippen LogP contribution in [0.25, 0.3) is 0 Å². The zero-order chi connectivity index (χ0) is 14.8. The van der Waals surface area contributed by atoms with Gasteiger partial charge in [0.15, 0.2) is 0 Å². The summed E-state index contributed by atoms with van der Waals surface area (Å²) in [6.45, 7) is 1.85. The SMILES string of the molecule is O=C(Cc1ccc([N+](=O)[O-])cc1)N1C2CCNCC1CC2. The van der Waals surface area contributed by atoms with Gasteiger partial charge in [0.25, 0.3) is 5.69 Å². The number of carbonyl (C=O) groups is 1. The number of carbonyl (C=O) groups excluding carboxylic acids is 1. The smallest absolute Gasteiger partial charge is 0.269 e. The fourth-order valence-corrected chi connectivity index (χ4v) is 3.39. The van der Waals surface area contributed by atoms with E-state index in [0.717, 1.165) is 37.9 Å². The van der Waals surface area contributed by atoms with Gasteiger partial charge in [0, 0.05) is 30.8 Å². The maximum atomic E-state index is 12.6. The molecule has 0 aromatic heterocycles. The lowest BCUT2D eigenvalue weighted by Gasteiger charge is -2.28. The summed E-state index contributed by atoms with van der Waals surface area (Å²) < 4.78 is 0. The van der Waals surface area contributed by atoms with Gasteiger partial charge in [-0.2, -0.15) is 0 Å². The highest BCUT2D eigenvalue weighted by Gasteiger charge is 2.37. The molecule has 2 fully saturated rings. The Morgan fingerprint density at radius 1 is 1.24 bits per heavy atom. The van der Waals surface area contributed by atoms with Gasteiger partial charge in [-0.05, 0) is 31.4 Å². The van der Waals surface area contributed by atoms with Gasteiger partial charge in [-0.25, -0.2) is 0 Å². The van der Waals surface area contributed by atoms with Gasteiger partial charge in [0.05, 0.1) is 11.3 Å². The molecule has 2 heterocycles. The molecular formula is C15H19N3O3. The molecule has 2 aliphatic rings. The van der Waals surface area contributed by atoms with Gasteiger partial charge < -0.3 is 10.2 Å². The maximum Gasteiger partial charge on any atom is 0.269 e. The molecule has 0 spiro atoms. The summed E-state index contributed by atoms with van der Waals surface area (Å²) >= 11 is 0. The third-order valence-electron chi connectivity index (χ3n) is 4.44. The second-order valence-electron chi connectivity index (χ2n) is 5.78. The van der Waals surface area contributed by atoms with E-state index < -0.39 is 4.92 Å². The molecule has 1 amide bonds. The van der Waals surface area contributed by atoms with Crippen molar-refractivity contribution in [2.24, 2.45) is 0 Å². The summed E-state index contributed by atoms with van der Waals surface area (Å²) in [4.78, 5) is 24.8. The lowest BCUT2D eigenvalue weighted by Crippen LogP contribution is -2.43. The minimum atomic E-state index is -0.424. The molecule has 1 aromatic carbocycles. The van der Waals surface area contributed by atoms with E-state index in [1.54, 1.807) is 12.1 Å². The summed E-state index contributed by atoms with van der Waals surface area (Å²) in [5.41, 5.74) is 0.896. The molecule has 0 saturated carbocycles. The fourth-order valence-electron chi connectivity index (χ4n) is 3.39. The van der Waals surface area contributed by atoms with E-state index in [0.29, 0.717) is 18.5 Å². The Hall–Kier alpha value is -1.95. The molecule has 112 valence electrons. The van der Waals surface area contributed by atoms with Crippen molar-refractivity contribution in [3.63, 3.8) is 0 Å². The van der Waals surface area contributed by atoms with Crippen LogP contribution in [0.4, 0.5) is 5.69 Å². The highest BCUT2D eigenvalue weighted by Crippen LogP contribution is 2.28. The standard InChI is InChI=1S/C15H19N3O3/c19-15(9-11-1-3-13(4-2-11)18(20)21)17-12-5-6-14(17)10-16-8-7-12/h1-4,12,14,16H,5-10H2. The molecule has 0 radical (unpaired) electrons. The minimum absolute atomic E-state index is 0.0604. The Kier molecular flexibility index (Phi) is 3.88. The van der Waals surface area contributed by atoms with Crippen LogP contribution in [0.1, 0.15) is 24.8 Å². The summed E-state index contributed by atoms with van der Waals surface area (Å²) in [7, 11) is 0. The predicted octanol–water partition coefficient (Wildman–Crippen LogP) is 1.49. The number of nitrogens with one attached hydrogen (secondary N) is 1. The van der Waals surface area contributed by atoms with E-state index >= 15 is 0 Å². The Bertz CT molecular complexity index is 530. The molecule has 2 aliphatic heterocycles. The summed E-state index contributed by atoms with van der Waals surface area (Å²) in [5, 5.41) is 14.0. The molecule has 1 N–H and O–H groups in total. The number of hydrogen-bond donors (Lipinski definition) is 1. The number of benzene rings is 1. The number of nitro benzene ring substituents is 1. The fraction of sp³-hybridized carbons (Fsp3) is 0.533. The summed E-state index contributed by atoms with van der Waals surface area (Å²) in [6, 6.07) is 6.93.